The van der Waals surface area contributed by atoms with Crippen LogP contribution in [0.3, 0.4) is 0 Å². The van der Waals surface area contributed by atoms with Crippen molar-refractivity contribution >= 4 is 45.1 Å². The third-order valence-electron chi connectivity index (χ3n) is 7.19. The van der Waals surface area contributed by atoms with Gasteiger partial charge in [0.05, 0.1) is 47.8 Å². The van der Waals surface area contributed by atoms with Crippen LogP contribution in [-0.4, -0.2) is 63.3 Å². The van der Waals surface area contributed by atoms with Gasteiger partial charge in [-0.05, 0) is 42.7 Å². The van der Waals surface area contributed by atoms with Crippen LogP contribution in [0.15, 0.2) is 43.4 Å². The summed E-state index contributed by atoms with van der Waals surface area (Å²) in [5, 5.41) is 19.1. The highest BCUT2D eigenvalue weighted by Crippen LogP contribution is 2.46. The van der Waals surface area contributed by atoms with Crippen molar-refractivity contribution in [2.45, 2.75) is 25.3 Å². The van der Waals surface area contributed by atoms with E-state index in [1.54, 1.807) is 17.4 Å². The summed E-state index contributed by atoms with van der Waals surface area (Å²) in [6, 6.07) is 7.82. The number of aromatic amines is 1. The Balaban J connectivity index is 1.51. The van der Waals surface area contributed by atoms with E-state index < -0.39 is 0 Å². The Kier molecular flexibility index (Phi) is 5.89. The Morgan fingerprint density at radius 2 is 2.24 bits per heavy atom. The van der Waals surface area contributed by atoms with Crippen molar-refractivity contribution in [3.63, 3.8) is 0 Å². The summed E-state index contributed by atoms with van der Waals surface area (Å²) in [4.78, 5) is 25.5. The molecule has 4 aromatic rings. The van der Waals surface area contributed by atoms with E-state index in [9.17, 15) is 10.1 Å². The second-order valence-electron chi connectivity index (χ2n) is 9.23. The van der Waals surface area contributed by atoms with Crippen molar-refractivity contribution in [2.24, 2.45) is 0 Å². The van der Waals surface area contributed by atoms with Gasteiger partial charge >= 0.3 is 0 Å². The quantitative estimate of drug-likeness (QED) is 0.406. The van der Waals surface area contributed by atoms with Crippen molar-refractivity contribution in [3.8, 4) is 22.9 Å². The molecule has 0 aliphatic carbocycles. The molecule has 4 heterocycles. The first kappa shape index (κ1) is 23.3. The number of nitriles is 1. The van der Waals surface area contributed by atoms with Crippen LogP contribution in [0.2, 0.25) is 5.02 Å². The van der Waals surface area contributed by atoms with Gasteiger partial charge in [-0.3, -0.25) is 9.89 Å². The predicted octanol–water partition coefficient (Wildman–Crippen LogP) is 4.27. The number of halogens is 1. The number of benzene rings is 2. The molecule has 0 bridgehead atoms. The van der Waals surface area contributed by atoms with Crippen molar-refractivity contribution < 1.29 is 9.53 Å². The van der Waals surface area contributed by atoms with Gasteiger partial charge < -0.3 is 14.5 Å². The minimum atomic E-state index is -0.261. The molecule has 0 unspecified atom stereocenters. The average Bonchev–Trinajstić information content (AvgIpc) is 3.41. The summed E-state index contributed by atoms with van der Waals surface area (Å²) in [5.41, 5.74) is 4.61. The molecule has 6 rings (SSSR count). The molecule has 0 saturated carbocycles. The number of carbonyl (C=O) groups is 1. The van der Waals surface area contributed by atoms with Gasteiger partial charge in [-0.2, -0.15) is 10.4 Å². The summed E-state index contributed by atoms with van der Waals surface area (Å²) in [7, 11) is 0. The zero-order valence-corrected chi connectivity index (χ0v) is 20.8. The zero-order valence-electron chi connectivity index (χ0n) is 20.1. The fraction of sp³-hybridized carbons (Fsp3) is 0.296. The Hall–Kier alpha value is -4.16. The molecule has 1 saturated heterocycles. The number of rotatable bonds is 4. The molecule has 186 valence electrons. The lowest BCUT2D eigenvalue weighted by Crippen LogP contribution is -2.55. The van der Waals surface area contributed by atoms with Crippen molar-refractivity contribution in [1.82, 2.24) is 25.1 Å². The van der Waals surface area contributed by atoms with Crippen LogP contribution in [0, 0.1) is 11.3 Å². The summed E-state index contributed by atoms with van der Waals surface area (Å²) in [5.74, 6) is 1.35. The van der Waals surface area contributed by atoms with Crippen molar-refractivity contribution in [1.29, 1.82) is 5.26 Å². The minimum Gasteiger partial charge on any atom is -0.492 e. The Labute approximate surface area is 218 Å². The number of nitrogens with zero attached hydrogens (tertiary/aromatic N) is 6. The first-order valence-corrected chi connectivity index (χ1v) is 12.6. The monoisotopic (exact) mass is 513 g/mol. The number of hydrogen-bond acceptors (Lipinski definition) is 7. The van der Waals surface area contributed by atoms with Crippen LogP contribution in [0.1, 0.15) is 18.4 Å². The van der Waals surface area contributed by atoms with Crippen LogP contribution in [0.5, 0.6) is 5.75 Å². The number of fused-ring (bicyclic) bond motifs is 4. The standard InChI is InChI=1S/C27H24ClN7O2/c1-2-23(36)35-10-9-34(14-16(35)7-8-29)27-25-22(30-15-31-27)12-18(17-4-3-11-37-26(17)25)24-19-13-32-33-21(19)6-5-20(24)28/h2,5-6,12-13,15-16H,1,3-4,7,9-11,14H2,(H,32,33)/t16-/m0/s1. The average molecular weight is 514 g/mol. The number of H-pyrrole nitrogens is 1. The lowest BCUT2D eigenvalue weighted by molar-refractivity contribution is -0.128. The highest BCUT2D eigenvalue weighted by molar-refractivity contribution is 6.35. The Bertz CT molecular complexity index is 1590. The topological polar surface area (TPSA) is 111 Å². The third-order valence-corrected chi connectivity index (χ3v) is 7.51. The molecule has 1 N–H and O–H groups in total. The maximum Gasteiger partial charge on any atom is 0.246 e. The second-order valence-corrected chi connectivity index (χ2v) is 9.63. The van der Waals surface area contributed by atoms with Gasteiger partial charge in [0.15, 0.2) is 0 Å². The van der Waals surface area contributed by atoms with Gasteiger partial charge in [0.2, 0.25) is 5.91 Å². The van der Waals surface area contributed by atoms with Gasteiger partial charge in [-0.15, -0.1) is 0 Å². The molecule has 2 aromatic heterocycles. The van der Waals surface area contributed by atoms with E-state index >= 15 is 0 Å². The van der Waals surface area contributed by atoms with Crippen LogP contribution in [0.4, 0.5) is 5.82 Å². The van der Waals surface area contributed by atoms with E-state index in [0.29, 0.717) is 31.3 Å². The lowest BCUT2D eigenvalue weighted by Gasteiger charge is -2.41. The molecule has 37 heavy (non-hydrogen) atoms. The minimum absolute atomic E-state index is 0.164. The van der Waals surface area contributed by atoms with Gasteiger partial charge in [0, 0.05) is 41.2 Å². The molecule has 0 spiro atoms. The maximum atomic E-state index is 12.4. The Morgan fingerprint density at radius 1 is 1.35 bits per heavy atom. The molecule has 2 aromatic carbocycles. The van der Waals surface area contributed by atoms with Crippen LogP contribution >= 0.6 is 11.6 Å². The molecule has 2 aliphatic rings. The Morgan fingerprint density at radius 3 is 3.08 bits per heavy atom. The largest absolute Gasteiger partial charge is 0.492 e. The molecule has 0 radical (unpaired) electrons. The van der Waals surface area contributed by atoms with Crippen molar-refractivity contribution in [3.05, 3.63) is 54.0 Å². The maximum absolute atomic E-state index is 12.4. The summed E-state index contributed by atoms with van der Waals surface area (Å²) < 4.78 is 6.31. The molecular formula is C27H24ClN7O2. The lowest BCUT2D eigenvalue weighted by atomic mass is 9.90. The highest BCUT2D eigenvalue weighted by Gasteiger charge is 2.32. The van der Waals surface area contributed by atoms with Gasteiger partial charge in [0.1, 0.15) is 17.9 Å². The van der Waals surface area contributed by atoms with E-state index in [1.165, 1.54) is 6.08 Å². The SMILES string of the molecule is C=CC(=O)N1CCN(c2ncnc3cc(-c4c(Cl)ccc5[nH]ncc45)c4c(c23)OCCC4)C[C@@H]1CC#N. The number of amides is 1. The number of ether oxygens (including phenoxy) is 1. The smallest absolute Gasteiger partial charge is 0.246 e. The molecular weight excluding hydrogens is 490 g/mol. The van der Waals surface area contributed by atoms with E-state index in [0.717, 1.165) is 62.9 Å². The van der Waals surface area contributed by atoms with Gasteiger partial charge in [0.25, 0.3) is 0 Å². The van der Waals surface area contributed by atoms with Crippen LogP contribution in [-0.2, 0) is 11.2 Å². The molecule has 1 amide bonds. The molecule has 9 nitrogen and oxygen atoms in total. The van der Waals surface area contributed by atoms with Crippen molar-refractivity contribution in [2.75, 3.05) is 31.1 Å². The molecule has 10 heteroatoms. The number of anilines is 1. The fourth-order valence-corrected chi connectivity index (χ4v) is 5.77. The zero-order chi connectivity index (χ0) is 25.5. The third kappa shape index (κ3) is 3.85. The second kappa shape index (κ2) is 9.37. The number of hydrogen-bond donors (Lipinski definition) is 1. The summed E-state index contributed by atoms with van der Waals surface area (Å²) in [6.45, 7) is 5.74. The van der Waals surface area contributed by atoms with Crippen LogP contribution < -0.4 is 9.64 Å². The molecule has 1 fully saturated rings. The summed E-state index contributed by atoms with van der Waals surface area (Å²) >= 11 is 6.75. The van der Waals surface area contributed by atoms with Gasteiger partial charge in [-0.1, -0.05) is 18.2 Å². The van der Waals surface area contributed by atoms with Crippen LogP contribution in [0.25, 0.3) is 32.9 Å². The highest BCUT2D eigenvalue weighted by atomic mass is 35.5. The normalized spacial score (nSPS) is 17.4. The number of aromatic nitrogens is 4. The van der Waals surface area contributed by atoms with E-state index in [1.807, 2.05) is 12.1 Å². The van der Waals surface area contributed by atoms with Gasteiger partial charge in [-0.25, -0.2) is 9.97 Å². The first-order valence-electron chi connectivity index (χ1n) is 12.2. The molecule has 2 aliphatic heterocycles. The van der Waals surface area contributed by atoms with E-state index in [-0.39, 0.29) is 18.4 Å². The summed E-state index contributed by atoms with van der Waals surface area (Å²) in [6.07, 6.45) is 6.60. The first-order chi connectivity index (χ1) is 18.1. The van der Waals surface area contributed by atoms with E-state index in [4.69, 9.17) is 16.3 Å². The molecule has 1 atom stereocenters. The van der Waals surface area contributed by atoms with E-state index in [2.05, 4.69) is 43.8 Å². The fourth-order valence-electron chi connectivity index (χ4n) is 5.51. The number of nitrogens with one attached hydrogen (secondary N) is 1. The predicted molar refractivity (Wildman–Crippen MR) is 142 cm³/mol. The number of carbonyl (C=O) groups excluding carboxylic acids is 1. The number of piperazine rings is 1.